The van der Waals surface area contributed by atoms with E-state index in [9.17, 15) is 0 Å². The highest BCUT2D eigenvalue weighted by Gasteiger charge is 2.12. The van der Waals surface area contributed by atoms with Crippen LogP contribution < -0.4 is 10.1 Å². The Bertz CT molecular complexity index is 983. The van der Waals surface area contributed by atoms with Gasteiger partial charge in [0.05, 0.1) is 19.0 Å². The summed E-state index contributed by atoms with van der Waals surface area (Å²) in [4.78, 5) is 0. The first-order valence-corrected chi connectivity index (χ1v) is 10.4. The van der Waals surface area contributed by atoms with Gasteiger partial charge in [-0.05, 0) is 55.0 Å². The molecule has 0 radical (unpaired) electrons. The second-order valence-electron chi connectivity index (χ2n) is 6.80. The number of nitrogens with zero attached hydrogens (tertiary/aromatic N) is 4. The van der Waals surface area contributed by atoms with Gasteiger partial charge in [-0.3, -0.25) is 0 Å². The predicted molar refractivity (Wildman–Crippen MR) is 126 cm³/mol. The van der Waals surface area contributed by atoms with Crippen molar-refractivity contribution in [3.05, 3.63) is 66.4 Å². The van der Waals surface area contributed by atoms with Crippen molar-refractivity contribution in [2.45, 2.75) is 19.8 Å². The van der Waals surface area contributed by atoms with Gasteiger partial charge in [-0.1, -0.05) is 31.5 Å². The SMILES string of the molecule is CCCCNC(=S)N(C)N=Cc1cn(-c2ccccc2)nc1-c1ccc(OC)cc1. The summed E-state index contributed by atoms with van der Waals surface area (Å²) in [7, 11) is 3.50. The fraction of sp³-hybridized carbons (Fsp3) is 0.261. The number of aromatic nitrogens is 2. The van der Waals surface area contributed by atoms with Gasteiger partial charge in [0.1, 0.15) is 11.4 Å². The molecule has 0 amide bonds. The highest BCUT2D eigenvalue weighted by Crippen LogP contribution is 2.25. The molecular weight excluding hydrogens is 394 g/mol. The Labute approximate surface area is 183 Å². The smallest absolute Gasteiger partial charge is 0.189 e. The molecule has 0 saturated heterocycles. The fourth-order valence-electron chi connectivity index (χ4n) is 2.86. The zero-order valence-electron chi connectivity index (χ0n) is 17.6. The Kier molecular flexibility index (Phi) is 7.57. The van der Waals surface area contributed by atoms with Gasteiger partial charge in [0, 0.05) is 30.9 Å². The number of ether oxygens (including phenoxy) is 1. The van der Waals surface area contributed by atoms with Crippen LogP contribution in [0.25, 0.3) is 16.9 Å². The van der Waals surface area contributed by atoms with Crippen LogP contribution in [0.15, 0.2) is 65.9 Å². The largest absolute Gasteiger partial charge is 0.497 e. The molecule has 1 aromatic heterocycles. The summed E-state index contributed by atoms with van der Waals surface area (Å²) in [6, 6.07) is 17.9. The average molecular weight is 422 g/mol. The molecule has 0 aliphatic rings. The molecule has 3 rings (SSSR count). The monoisotopic (exact) mass is 421 g/mol. The van der Waals surface area contributed by atoms with Gasteiger partial charge in [0.2, 0.25) is 0 Å². The average Bonchev–Trinajstić information content (AvgIpc) is 3.22. The van der Waals surface area contributed by atoms with Crippen molar-refractivity contribution in [1.82, 2.24) is 20.1 Å². The molecule has 3 aromatic rings. The van der Waals surface area contributed by atoms with Crippen molar-refractivity contribution in [3.63, 3.8) is 0 Å². The second-order valence-corrected chi connectivity index (χ2v) is 7.18. The predicted octanol–water partition coefficient (Wildman–Crippen LogP) is 4.49. The van der Waals surface area contributed by atoms with Crippen molar-refractivity contribution >= 4 is 23.5 Å². The first kappa shape index (κ1) is 21.5. The number of hydrogen-bond donors (Lipinski definition) is 1. The molecule has 0 aliphatic heterocycles. The maximum atomic E-state index is 5.41. The minimum Gasteiger partial charge on any atom is -0.497 e. The minimum atomic E-state index is 0.598. The molecule has 7 heteroatoms. The topological polar surface area (TPSA) is 54.7 Å². The molecule has 6 nitrogen and oxygen atoms in total. The van der Waals surface area contributed by atoms with E-state index in [1.807, 2.05) is 72.5 Å². The van der Waals surface area contributed by atoms with Crippen molar-refractivity contribution in [3.8, 4) is 22.7 Å². The standard InChI is InChI=1S/C23H27N5OS/c1-4-5-15-24-23(30)27(2)25-16-19-17-28(20-9-7-6-8-10-20)26-22(19)18-11-13-21(29-3)14-12-18/h6-14,16-17H,4-5,15H2,1-3H3,(H,24,30). The van der Waals surface area contributed by atoms with Crippen LogP contribution in [-0.4, -0.2) is 46.8 Å². The summed E-state index contributed by atoms with van der Waals surface area (Å²) in [6.45, 7) is 3.00. The second kappa shape index (κ2) is 10.5. The van der Waals surface area contributed by atoms with Crippen LogP contribution in [0.2, 0.25) is 0 Å². The van der Waals surface area contributed by atoms with E-state index >= 15 is 0 Å². The van der Waals surface area contributed by atoms with E-state index in [-0.39, 0.29) is 0 Å². The van der Waals surface area contributed by atoms with E-state index in [2.05, 4.69) is 17.3 Å². The Hall–Kier alpha value is -3.19. The molecule has 0 atom stereocenters. The van der Waals surface area contributed by atoms with Crippen molar-refractivity contribution in [2.24, 2.45) is 5.10 Å². The normalized spacial score (nSPS) is 10.9. The van der Waals surface area contributed by atoms with E-state index in [1.54, 1.807) is 18.3 Å². The lowest BCUT2D eigenvalue weighted by molar-refractivity contribution is 0.415. The molecule has 0 spiro atoms. The molecule has 0 saturated carbocycles. The number of rotatable bonds is 8. The van der Waals surface area contributed by atoms with E-state index in [0.717, 1.165) is 47.6 Å². The van der Waals surface area contributed by atoms with Gasteiger partial charge in [0.15, 0.2) is 5.11 Å². The van der Waals surface area contributed by atoms with Crippen LogP contribution >= 0.6 is 12.2 Å². The van der Waals surface area contributed by atoms with E-state index in [0.29, 0.717) is 5.11 Å². The lowest BCUT2D eigenvalue weighted by Crippen LogP contribution is -2.34. The Morgan fingerprint density at radius 3 is 2.60 bits per heavy atom. The number of nitrogens with one attached hydrogen (secondary N) is 1. The van der Waals surface area contributed by atoms with Crippen LogP contribution in [0.1, 0.15) is 25.3 Å². The summed E-state index contributed by atoms with van der Waals surface area (Å²) in [5.41, 5.74) is 3.70. The van der Waals surface area contributed by atoms with Crippen LogP contribution in [0.3, 0.4) is 0 Å². The number of methoxy groups -OCH3 is 1. The molecular formula is C23H27N5OS. The molecule has 0 aliphatic carbocycles. The van der Waals surface area contributed by atoms with Crippen LogP contribution in [0.5, 0.6) is 5.75 Å². The van der Waals surface area contributed by atoms with E-state index < -0.39 is 0 Å². The lowest BCUT2D eigenvalue weighted by Gasteiger charge is -2.15. The van der Waals surface area contributed by atoms with E-state index in [4.69, 9.17) is 22.1 Å². The van der Waals surface area contributed by atoms with Gasteiger partial charge in [-0.25, -0.2) is 9.69 Å². The molecule has 0 fully saturated rings. The number of thiocarbonyl (C=S) groups is 1. The maximum Gasteiger partial charge on any atom is 0.189 e. The van der Waals surface area contributed by atoms with Crippen LogP contribution in [0, 0.1) is 0 Å². The summed E-state index contributed by atoms with van der Waals surface area (Å²) in [5, 5.41) is 14.8. The number of unbranched alkanes of at least 4 members (excludes halogenated alkanes) is 1. The fourth-order valence-corrected chi connectivity index (χ4v) is 3.00. The Morgan fingerprint density at radius 2 is 1.93 bits per heavy atom. The Morgan fingerprint density at radius 1 is 1.20 bits per heavy atom. The summed E-state index contributed by atoms with van der Waals surface area (Å²) < 4.78 is 7.14. The zero-order chi connectivity index (χ0) is 21.3. The first-order valence-electron chi connectivity index (χ1n) is 9.97. The number of para-hydroxylation sites is 1. The highest BCUT2D eigenvalue weighted by molar-refractivity contribution is 7.80. The molecule has 0 bridgehead atoms. The van der Waals surface area contributed by atoms with Gasteiger partial charge in [0.25, 0.3) is 0 Å². The van der Waals surface area contributed by atoms with Crippen molar-refractivity contribution in [2.75, 3.05) is 20.7 Å². The molecule has 156 valence electrons. The van der Waals surface area contributed by atoms with Gasteiger partial charge in [-0.15, -0.1) is 0 Å². The zero-order valence-corrected chi connectivity index (χ0v) is 18.4. The third-order valence-electron chi connectivity index (χ3n) is 4.60. The number of benzene rings is 2. The Balaban J connectivity index is 1.89. The van der Waals surface area contributed by atoms with Gasteiger partial charge in [-0.2, -0.15) is 10.2 Å². The summed E-state index contributed by atoms with van der Waals surface area (Å²) in [5.74, 6) is 0.805. The molecule has 30 heavy (non-hydrogen) atoms. The lowest BCUT2D eigenvalue weighted by atomic mass is 10.1. The van der Waals surface area contributed by atoms with Crippen LogP contribution in [-0.2, 0) is 0 Å². The number of hydrogen-bond acceptors (Lipinski definition) is 4. The van der Waals surface area contributed by atoms with Gasteiger partial charge >= 0.3 is 0 Å². The van der Waals surface area contributed by atoms with Crippen molar-refractivity contribution < 1.29 is 4.74 Å². The maximum absolute atomic E-state index is 5.41. The number of hydrazone groups is 1. The summed E-state index contributed by atoms with van der Waals surface area (Å²) in [6.07, 6.45) is 5.95. The highest BCUT2D eigenvalue weighted by atomic mass is 32.1. The quantitative estimate of drug-likeness (QED) is 0.251. The molecule has 1 heterocycles. The molecule has 2 aromatic carbocycles. The minimum absolute atomic E-state index is 0.598. The summed E-state index contributed by atoms with van der Waals surface area (Å²) >= 11 is 5.41. The molecule has 0 unspecified atom stereocenters. The van der Waals surface area contributed by atoms with Crippen LogP contribution in [0.4, 0.5) is 0 Å². The van der Waals surface area contributed by atoms with Gasteiger partial charge < -0.3 is 10.1 Å². The van der Waals surface area contributed by atoms with Crippen molar-refractivity contribution in [1.29, 1.82) is 0 Å². The third-order valence-corrected chi connectivity index (χ3v) is 5.01. The molecule has 1 N–H and O–H groups in total. The first-order chi connectivity index (χ1) is 14.6. The third kappa shape index (κ3) is 5.45. The van der Waals surface area contributed by atoms with E-state index in [1.165, 1.54) is 0 Å².